The van der Waals surface area contributed by atoms with Gasteiger partial charge in [0.15, 0.2) is 0 Å². The Kier molecular flexibility index (Phi) is 4.92. The van der Waals surface area contributed by atoms with Crippen LogP contribution in [0.15, 0.2) is 66.7 Å². The molecular formula is C29H25F3N2O. The smallest absolute Gasteiger partial charge is 0.418 e. The Hall–Kier alpha value is -3.93. The molecule has 0 saturated heterocycles. The molecule has 0 saturated carbocycles. The Morgan fingerprint density at radius 3 is 1.86 bits per heavy atom. The van der Waals surface area contributed by atoms with Crippen LogP contribution < -0.4 is 11.5 Å². The SMILES string of the molecule is Cc1cc(C2(c3cc(C)c(N)c(C(F)(F)F)c3)c3ccccc3-c3ccc(O)cc32)cc(C)c1N. The van der Waals surface area contributed by atoms with Crippen molar-refractivity contribution in [2.75, 3.05) is 11.5 Å². The minimum absolute atomic E-state index is 0.0352. The first-order valence-corrected chi connectivity index (χ1v) is 11.2. The number of nitrogen functional groups attached to an aromatic ring is 2. The van der Waals surface area contributed by atoms with Gasteiger partial charge in [-0.3, -0.25) is 0 Å². The molecule has 1 atom stereocenters. The molecular weight excluding hydrogens is 449 g/mol. The highest BCUT2D eigenvalue weighted by atomic mass is 19.4. The zero-order valence-electron chi connectivity index (χ0n) is 19.6. The summed E-state index contributed by atoms with van der Waals surface area (Å²) < 4.78 is 42.4. The van der Waals surface area contributed by atoms with Crippen LogP contribution in [0.2, 0.25) is 0 Å². The number of hydrogen-bond acceptors (Lipinski definition) is 3. The van der Waals surface area contributed by atoms with Crippen LogP contribution in [-0.2, 0) is 11.6 Å². The fourth-order valence-corrected chi connectivity index (χ4v) is 5.50. The molecule has 4 aromatic carbocycles. The van der Waals surface area contributed by atoms with Gasteiger partial charge in [0.25, 0.3) is 0 Å². The second-order valence-corrected chi connectivity index (χ2v) is 9.30. The van der Waals surface area contributed by atoms with Crippen LogP contribution in [0, 0.1) is 20.8 Å². The van der Waals surface area contributed by atoms with E-state index in [-0.39, 0.29) is 11.4 Å². The van der Waals surface area contributed by atoms with Gasteiger partial charge in [0.05, 0.1) is 11.0 Å². The van der Waals surface area contributed by atoms with Crippen molar-refractivity contribution < 1.29 is 18.3 Å². The van der Waals surface area contributed by atoms with Crippen molar-refractivity contribution in [2.45, 2.75) is 32.4 Å². The summed E-state index contributed by atoms with van der Waals surface area (Å²) in [5, 5.41) is 10.5. The minimum atomic E-state index is -4.63. The molecule has 4 aromatic rings. The number of nitrogens with two attached hydrogens (primary N) is 2. The number of aryl methyl sites for hydroxylation is 3. The van der Waals surface area contributed by atoms with Crippen molar-refractivity contribution >= 4 is 11.4 Å². The van der Waals surface area contributed by atoms with Gasteiger partial charge in [0, 0.05) is 11.4 Å². The summed E-state index contributed by atoms with van der Waals surface area (Å²) in [6, 6.07) is 19.5. The maximum absolute atomic E-state index is 14.1. The Bertz CT molecular complexity index is 1480. The maximum atomic E-state index is 14.1. The Morgan fingerprint density at radius 2 is 1.23 bits per heavy atom. The van der Waals surface area contributed by atoms with Gasteiger partial charge < -0.3 is 16.6 Å². The van der Waals surface area contributed by atoms with Crippen LogP contribution in [0.5, 0.6) is 5.75 Å². The molecule has 1 unspecified atom stereocenters. The first kappa shape index (κ1) is 22.8. The molecule has 0 aromatic heterocycles. The third kappa shape index (κ3) is 3.20. The van der Waals surface area contributed by atoms with Crippen molar-refractivity contribution in [3.05, 3.63) is 111 Å². The fraction of sp³-hybridized carbons (Fsp3) is 0.172. The van der Waals surface area contributed by atoms with E-state index in [4.69, 9.17) is 11.5 Å². The Labute approximate surface area is 201 Å². The van der Waals surface area contributed by atoms with Crippen molar-refractivity contribution in [2.24, 2.45) is 0 Å². The molecule has 1 aliphatic rings. The number of aromatic hydroxyl groups is 1. The van der Waals surface area contributed by atoms with Gasteiger partial charge in [0.1, 0.15) is 5.75 Å². The number of anilines is 2. The molecule has 178 valence electrons. The summed E-state index contributed by atoms with van der Waals surface area (Å²) >= 11 is 0. The predicted molar refractivity (Wildman–Crippen MR) is 133 cm³/mol. The highest BCUT2D eigenvalue weighted by Crippen LogP contribution is 2.58. The monoisotopic (exact) mass is 474 g/mol. The number of alkyl halides is 3. The van der Waals surface area contributed by atoms with Crippen LogP contribution in [0.1, 0.15) is 44.5 Å². The summed E-state index contributed by atoms with van der Waals surface area (Å²) in [7, 11) is 0. The van der Waals surface area contributed by atoms with E-state index in [0.29, 0.717) is 22.4 Å². The van der Waals surface area contributed by atoms with Crippen LogP contribution in [-0.4, -0.2) is 5.11 Å². The van der Waals surface area contributed by atoms with Crippen LogP contribution in [0.3, 0.4) is 0 Å². The summed E-state index contributed by atoms with van der Waals surface area (Å²) in [5.74, 6) is 0.0352. The van der Waals surface area contributed by atoms with E-state index in [1.807, 2.05) is 56.3 Å². The number of benzene rings is 4. The quantitative estimate of drug-likeness (QED) is 0.245. The topological polar surface area (TPSA) is 72.3 Å². The van der Waals surface area contributed by atoms with Gasteiger partial charge in [-0.25, -0.2) is 0 Å². The second-order valence-electron chi connectivity index (χ2n) is 9.30. The molecule has 35 heavy (non-hydrogen) atoms. The van der Waals surface area contributed by atoms with Gasteiger partial charge >= 0.3 is 6.18 Å². The summed E-state index contributed by atoms with van der Waals surface area (Å²) in [5.41, 5.74) is 17.0. The molecule has 0 spiro atoms. The Morgan fingerprint density at radius 1 is 0.686 bits per heavy atom. The lowest BCUT2D eigenvalue weighted by Crippen LogP contribution is -2.30. The molecule has 3 nitrogen and oxygen atoms in total. The third-order valence-electron chi connectivity index (χ3n) is 7.18. The van der Waals surface area contributed by atoms with E-state index in [9.17, 15) is 18.3 Å². The van der Waals surface area contributed by atoms with Crippen molar-refractivity contribution in [3.8, 4) is 16.9 Å². The zero-order chi connectivity index (χ0) is 25.3. The number of fused-ring (bicyclic) bond motifs is 3. The van der Waals surface area contributed by atoms with E-state index >= 15 is 0 Å². The lowest BCUT2D eigenvalue weighted by atomic mass is 9.66. The highest BCUT2D eigenvalue weighted by Gasteiger charge is 2.48. The van der Waals surface area contributed by atoms with Crippen molar-refractivity contribution in [1.82, 2.24) is 0 Å². The molecule has 0 radical (unpaired) electrons. The number of halogens is 3. The first-order chi connectivity index (χ1) is 16.5. The normalized spacial score (nSPS) is 16.7. The lowest BCUT2D eigenvalue weighted by molar-refractivity contribution is -0.137. The third-order valence-corrected chi connectivity index (χ3v) is 7.18. The highest BCUT2D eigenvalue weighted by molar-refractivity contribution is 5.87. The van der Waals surface area contributed by atoms with Gasteiger partial charge in [0.2, 0.25) is 0 Å². The molecule has 6 heteroatoms. The molecule has 0 aliphatic heterocycles. The lowest BCUT2D eigenvalue weighted by Gasteiger charge is -2.35. The van der Waals surface area contributed by atoms with Gasteiger partial charge in [-0.05, 0) is 89.0 Å². The average Bonchev–Trinajstić information content (AvgIpc) is 3.08. The van der Waals surface area contributed by atoms with Crippen LogP contribution in [0.4, 0.5) is 24.5 Å². The van der Waals surface area contributed by atoms with Gasteiger partial charge in [-0.1, -0.05) is 48.5 Å². The minimum Gasteiger partial charge on any atom is -0.508 e. The predicted octanol–water partition coefficient (Wildman–Crippen LogP) is 6.86. The van der Waals surface area contributed by atoms with E-state index < -0.39 is 17.2 Å². The van der Waals surface area contributed by atoms with Crippen molar-refractivity contribution in [3.63, 3.8) is 0 Å². The molecule has 1 aliphatic carbocycles. The number of rotatable bonds is 2. The second kappa shape index (κ2) is 7.54. The van der Waals surface area contributed by atoms with Gasteiger partial charge in [-0.15, -0.1) is 0 Å². The average molecular weight is 475 g/mol. The van der Waals surface area contributed by atoms with E-state index in [1.165, 1.54) is 0 Å². The van der Waals surface area contributed by atoms with Crippen LogP contribution >= 0.6 is 0 Å². The number of hydrogen-bond donors (Lipinski definition) is 3. The van der Waals surface area contributed by atoms with E-state index in [2.05, 4.69) is 0 Å². The summed E-state index contributed by atoms with van der Waals surface area (Å²) in [6.45, 7) is 5.36. The first-order valence-electron chi connectivity index (χ1n) is 11.2. The molecule has 5 rings (SSSR count). The number of phenols is 1. The molecule has 5 N–H and O–H groups in total. The standard InChI is InChI=1S/C29H25F3N2O/c1-15-10-18(11-16(2)26(15)33)28(19-12-17(3)27(34)25(13-19)29(30,31)32)23-7-5-4-6-21(23)22-9-8-20(35)14-24(22)28/h4-14,35H,33-34H2,1-3H3. The fourth-order valence-electron chi connectivity index (χ4n) is 5.50. The molecule has 0 heterocycles. The molecule has 0 bridgehead atoms. The largest absolute Gasteiger partial charge is 0.508 e. The van der Waals surface area contributed by atoms with Gasteiger partial charge in [-0.2, -0.15) is 13.2 Å². The van der Waals surface area contributed by atoms with Crippen molar-refractivity contribution in [1.29, 1.82) is 0 Å². The van der Waals surface area contributed by atoms with E-state index in [1.54, 1.807) is 25.1 Å². The Balaban J connectivity index is 2.02. The maximum Gasteiger partial charge on any atom is 0.418 e. The zero-order valence-corrected chi connectivity index (χ0v) is 19.6. The molecule has 0 fully saturated rings. The molecule has 0 amide bonds. The van der Waals surface area contributed by atoms with Crippen LogP contribution in [0.25, 0.3) is 11.1 Å². The summed E-state index contributed by atoms with van der Waals surface area (Å²) in [6.07, 6.45) is -4.63. The summed E-state index contributed by atoms with van der Waals surface area (Å²) in [4.78, 5) is 0. The number of phenolic OH excluding ortho intramolecular Hbond substituents is 1. The van der Waals surface area contributed by atoms with E-state index in [0.717, 1.165) is 39.4 Å².